The van der Waals surface area contributed by atoms with Crippen molar-refractivity contribution in [2.24, 2.45) is 5.10 Å². The van der Waals surface area contributed by atoms with Crippen molar-refractivity contribution >= 4 is 46.9 Å². The third kappa shape index (κ3) is 7.14. The molecule has 10 heteroatoms. The van der Waals surface area contributed by atoms with Crippen molar-refractivity contribution in [1.29, 1.82) is 0 Å². The first kappa shape index (κ1) is 24.4. The predicted octanol–water partition coefficient (Wildman–Crippen LogP) is 3.89. The molecule has 34 heavy (non-hydrogen) atoms. The Morgan fingerprint density at radius 2 is 1.74 bits per heavy atom. The fourth-order valence-corrected chi connectivity index (χ4v) is 2.81. The molecular weight excluding hydrogens is 463 g/mol. The molecule has 3 aromatic rings. The molecule has 0 aliphatic carbocycles. The molecule has 0 aliphatic rings. The van der Waals surface area contributed by atoms with E-state index in [0.29, 0.717) is 22.0 Å². The molecule has 0 bridgehead atoms. The molecule has 0 saturated carbocycles. The van der Waals surface area contributed by atoms with Gasteiger partial charge in [0, 0.05) is 10.7 Å². The highest BCUT2D eigenvalue weighted by Crippen LogP contribution is 2.20. The lowest BCUT2D eigenvalue weighted by atomic mass is 10.2. The minimum absolute atomic E-state index is 0.112. The van der Waals surface area contributed by atoms with Crippen LogP contribution >= 0.6 is 11.6 Å². The van der Waals surface area contributed by atoms with Crippen LogP contribution in [0.2, 0.25) is 5.02 Å². The molecule has 0 aromatic heterocycles. The summed E-state index contributed by atoms with van der Waals surface area (Å²) < 4.78 is 19.0. The van der Waals surface area contributed by atoms with E-state index in [2.05, 4.69) is 21.2 Å². The molecule has 0 radical (unpaired) electrons. The van der Waals surface area contributed by atoms with E-state index in [1.165, 1.54) is 24.4 Å². The van der Waals surface area contributed by atoms with Gasteiger partial charge in [-0.3, -0.25) is 14.4 Å². The van der Waals surface area contributed by atoms with Gasteiger partial charge in [0.2, 0.25) is 0 Å². The molecule has 0 fully saturated rings. The Morgan fingerprint density at radius 3 is 2.44 bits per heavy atom. The van der Waals surface area contributed by atoms with Gasteiger partial charge in [-0.1, -0.05) is 29.8 Å². The van der Waals surface area contributed by atoms with E-state index in [9.17, 15) is 18.8 Å². The summed E-state index contributed by atoms with van der Waals surface area (Å²) in [6.45, 7) is 1.66. The fraction of sp³-hybridized carbons (Fsp3) is 0.0833. The topological polar surface area (TPSA) is 109 Å². The average Bonchev–Trinajstić information content (AvgIpc) is 2.82. The molecule has 8 nitrogen and oxygen atoms in total. The van der Waals surface area contributed by atoms with Crippen LogP contribution in [0.1, 0.15) is 11.1 Å². The van der Waals surface area contributed by atoms with Crippen molar-refractivity contribution in [2.75, 3.05) is 17.2 Å². The summed E-state index contributed by atoms with van der Waals surface area (Å²) in [4.78, 5) is 35.6. The molecule has 3 rings (SSSR count). The van der Waals surface area contributed by atoms with E-state index in [-0.39, 0.29) is 18.2 Å². The number of hydrogen-bond donors (Lipinski definition) is 3. The number of halogens is 2. The molecule has 174 valence electrons. The van der Waals surface area contributed by atoms with Gasteiger partial charge in [0.25, 0.3) is 5.91 Å². The summed E-state index contributed by atoms with van der Waals surface area (Å²) in [5, 5.41) is 9.10. The summed E-state index contributed by atoms with van der Waals surface area (Å²) in [5.41, 5.74) is 4.02. The first-order valence-electron chi connectivity index (χ1n) is 9.99. The maximum Gasteiger partial charge on any atom is 0.329 e. The molecular formula is C24H20ClFN4O4. The van der Waals surface area contributed by atoms with Crippen molar-refractivity contribution in [2.45, 2.75) is 6.92 Å². The Morgan fingerprint density at radius 1 is 1.00 bits per heavy atom. The standard InChI is InChI=1S/C24H20ClFN4O4/c1-15-6-9-17(12-19(15)25)28-22(31)14-34-18-10-7-16(8-11-18)13-27-30-24(33)23(32)29-21-5-3-2-4-20(21)26/h2-13H,14H2,1H3,(H,28,31)(H,29,32)(H,30,33)/b27-13-. The zero-order valence-corrected chi connectivity index (χ0v) is 18.7. The summed E-state index contributed by atoms with van der Waals surface area (Å²) in [5.74, 6) is -2.67. The predicted molar refractivity (Wildman–Crippen MR) is 128 cm³/mol. The molecule has 0 unspecified atom stereocenters. The zero-order valence-electron chi connectivity index (χ0n) is 18.0. The quantitative estimate of drug-likeness (QED) is 0.269. The number of benzene rings is 3. The van der Waals surface area contributed by atoms with Gasteiger partial charge < -0.3 is 15.4 Å². The highest BCUT2D eigenvalue weighted by atomic mass is 35.5. The third-order valence-corrected chi connectivity index (χ3v) is 4.82. The van der Waals surface area contributed by atoms with E-state index in [4.69, 9.17) is 16.3 Å². The van der Waals surface area contributed by atoms with Crippen LogP contribution in [0.5, 0.6) is 5.75 Å². The van der Waals surface area contributed by atoms with Crippen LogP contribution in [0.15, 0.2) is 71.8 Å². The smallest absolute Gasteiger partial charge is 0.329 e. The van der Waals surface area contributed by atoms with Gasteiger partial charge in [0.05, 0.1) is 11.9 Å². The lowest BCUT2D eigenvalue weighted by Gasteiger charge is -2.08. The summed E-state index contributed by atoms with van der Waals surface area (Å²) in [6.07, 6.45) is 1.31. The number of hydrogen-bond acceptors (Lipinski definition) is 5. The molecule has 3 N–H and O–H groups in total. The van der Waals surface area contributed by atoms with Gasteiger partial charge in [-0.15, -0.1) is 0 Å². The lowest BCUT2D eigenvalue weighted by Crippen LogP contribution is -2.32. The monoisotopic (exact) mass is 482 g/mol. The Hall–Kier alpha value is -4.24. The number of anilines is 2. The molecule has 0 atom stereocenters. The molecule has 0 aliphatic heterocycles. The molecule has 3 aromatic carbocycles. The molecule has 0 saturated heterocycles. The number of rotatable bonds is 7. The maximum absolute atomic E-state index is 13.5. The Kier molecular flexibility index (Phi) is 8.31. The fourth-order valence-electron chi connectivity index (χ4n) is 2.62. The van der Waals surface area contributed by atoms with Crippen LogP contribution in [0.25, 0.3) is 0 Å². The van der Waals surface area contributed by atoms with E-state index >= 15 is 0 Å². The second-order valence-electron chi connectivity index (χ2n) is 7.00. The van der Waals surface area contributed by atoms with Crippen molar-refractivity contribution in [3.8, 4) is 5.75 Å². The molecule has 0 heterocycles. The van der Waals surface area contributed by atoms with Crippen molar-refractivity contribution in [3.05, 3.63) is 88.7 Å². The normalized spacial score (nSPS) is 10.6. The van der Waals surface area contributed by atoms with Crippen LogP contribution in [-0.4, -0.2) is 30.5 Å². The minimum Gasteiger partial charge on any atom is -0.484 e. The number of amides is 3. The van der Waals surface area contributed by atoms with Crippen molar-refractivity contribution in [1.82, 2.24) is 5.43 Å². The Labute approximate surface area is 199 Å². The first-order valence-corrected chi connectivity index (χ1v) is 10.4. The zero-order chi connectivity index (χ0) is 24.5. The third-order valence-electron chi connectivity index (χ3n) is 4.41. The number of nitrogens with one attached hydrogen (secondary N) is 3. The lowest BCUT2D eigenvalue weighted by molar-refractivity contribution is -0.136. The SMILES string of the molecule is Cc1ccc(NC(=O)COc2ccc(/C=N\NC(=O)C(=O)Nc3ccccc3F)cc2)cc1Cl. The minimum atomic E-state index is -1.06. The van der Waals surface area contributed by atoms with Crippen LogP contribution in [0.3, 0.4) is 0 Å². The van der Waals surface area contributed by atoms with Crippen molar-refractivity contribution < 1.29 is 23.5 Å². The first-order chi connectivity index (χ1) is 16.3. The van der Waals surface area contributed by atoms with Gasteiger partial charge >= 0.3 is 11.8 Å². The number of carbonyl (C=O) groups is 3. The van der Waals surface area contributed by atoms with E-state index < -0.39 is 17.6 Å². The highest BCUT2D eigenvalue weighted by molar-refractivity contribution is 6.39. The Balaban J connectivity index is 1.44. The Bertz CT molecular complexity index is 1230. The summed E-state index contributed by atoms with van der Waals surface area (Å²) in [6, 6.07) is 17.2. The maximum atomic E-state index is 13.5. The number of aryl methyl sites for hydroxylation is 1. The van der Waals surface area contributed by atoms with Gasteiger partial charge in [0.15, 0.2) is 6.61 Å². The number of hydrazone groups is 1. The van der Waals surface area contributed by atoms with Crippen LogP contribution in [0, 0.1) is 12.7 Å². The summed E-state index contributed by atoms with van der Waals surface area (Å²) >= 11 is 6.04. The second kappa shape index (κ2) is 11.6. The van der Waals surface area contributed by atoms with Crippen molar-refractivity contribution in [3.63, 3.8) is 0 Å². The summed E-state index contributed by atoms with van der Waals surface area (Å²) in [7, 11) is 0. The highest BCUT2D eigenvalue weighted by Gasteiger charge is 2.14. The largest absolute Gasteiger partial charge is 0.484 e. The number of nitrogens with zero attached hydrogens (tertiary/aromatic N) is 1. The van der Waals surface area contributed by atoms with Gasteiger partial charge in [-0.05, 0) is 66.6 Å². The van der Waals surface area contributed by atoms with Gasteiger partial charge in [0.1, 0.15) is 11.6 Å². The van der Waals surface area contributed by atoms with Gasteiger partial charge in [-0.2, -0.15) is 5.10 Å². The second-order valence-corrected chi connectivity index (χ2v) is 7.41. The van der Waals surface area contributed by atoms with E-state index in [1.54, 1.807) is 42.5 Å². The number of ether oxygens (including phenoxy) is 1. The van der Waals surface area contributed by atoms with Crippen LogP contribution in [-0.2, 0) is 14.4 Å². The number of carbonyl (C=O) groups excluding carboxylic acids is 3. The van der Waals surface area contributed by atoms with Crippen LogP contribution in [0.4, 0.5) is 15.8 Å². The average molecular weight is 483 g/mol. The number of para-hydroxylation sites is 1. The molecule has 0 spiro atoms. The molecule has 3 amide bonds. The van der Waals surface area contributed by atoms with Crippen LogP contribution < -0.4 is 20.8 Å². The van der Waals surface area contributed by atoms with E-state index in [1.807, 2.05) is 6.92 Å². The van der Waals surface area contributed by atoms with E-state index in [0.717, 1.165) is 11.6 Å². The van der Waals surface area contributed by atoms with Gasteiger partial charge in [-0.25, -0.2) is 9.82 Å².